The molecule has 0 aliphatic carbocycles. The number of oxazole rings is 1. The second-order valence-corrected chi connectivity index (χ2v) is 6.11. The quantitative estimate of drug-likeness (QED) is 0.813. The van der Waals surface area contributed by atoms with E-state index in [0.717, 1.165) is 16.7 Å². The summed E-state index contributed by atoms with van der Waals surface area (Å²) in [7, 11) is 0. The van der Waals surface area contributed by atoms with Crippen LogP contribution in [-0.2, 0) is 4.74 Å². The molecule has 0 atom stereocenters. The van der Waals surface area contributed by atoms with Crippen molar-refractivity contribution < 1.29 is 13.9 Å². The van der Waals surface area contributed by atoms with Gasteiger partial charge in [-0.15, -0.1) is 0 Å². The average molecular weight is 342 g/mol. The molecule has 1 amide bonds. The Morgan fingerprint density at radius 3 is 2.60 bits per heavy atom. The largest absolute Gasteiger partial charge is 0.444 e. The molecule has 1 N–H and O–H groups in total. The van der Waals surface area contributed by atoms with E-state index in [9.17, 15) is 4.79 Å². The van der Waals surface area contributed by atoms with Gasteiger partial charge in [0.2, 0.25) is 0 Å². The second-order valence-electron chi connectivity index (χ2n) is 6.11. The molecule has 25 heavy (non-hydrogen) atoms. The fourth-order valence-electron chi connectivity index (χ4n) is 1.93. The molecule has 0 unspecified atom stereocenters. The van der Waals surface area contributed by atoms with Crippen molar-refractivity contribution in [2.45, 2.75) is 47.1 Å². The Balaban J connectivity index is 0.00000151. The molecule has 0 radical (unpaired) electrons. The predicted octanol–water partition coefficient (Wildman–Crippen LogP) is 4.55. The van der Waals surface area contributed by atoms with Crippen LogP contribution in [0.2, 0.25) is 0 Å². The SMILES string of the molecule is CC.Cc1cc(C#CCNC(=O)OC(C)(C)C)cc(-c2cnco2)c1. The third-order valence-corrected chi connectivity index (χ3v) is 2.75. The second kappa shape index (κ2) is 9.53. The van der Waals surface area contributed by atoms with Crippen LogP contribution in [0.3, 0.4) is 0 Å². The molecule has 0 aliphatic heterocycles. The van der Waals surface area contributed by atoms with E-state index in [1.165, 1.54) is 6.39 Å². The standard InChI is InChI=1S/C18H20N2O3.C2H6/c1-13-8-14(10-15(9-13)16-11-19-12-22-16)6-5-7-20-17(21)23-18(2,3)4;1-2/h8-12H,7H2,1-4H3,(H,20,21);1-2H3. The van der Waals surface area contributed by atoms with Crippen molar-refractivity contribution in [1.82, 2.24) is 10.3 Å². The van der Waals surface area contributed by atoms with Crippen LogP contribution >= 0.6 is 0 Å². The van der Waals surface area contributed by atoms with Gasteiger partial charge in [0.1, 0.15) is 5.60 Å². The number of nitrogens with one attached hydrogen (secondary N) is 1. The van der Waals surface area contributed by atoms with Gasteiger partial charge in [0.25, 0.3) is 0 Å². The summed E-state index contributed by atoms with van der Waals surface area (Å²) >= 11 is 0. The number of benzene rings is 1. The Labute approximate surface area is 149 Å². The molecule has 2 rings (SSSR count). The maximum absolute atomic E-state index is 11.5. The zero-order chi connectivity index (χ0) is 18.9. The Hall–Kier alpha value is -2.74. The van der Waals surface area contributed by atoms with Crippen LogP contribution in [0.5, 0.6) is 0 Å². The number of rotatable bonds is 2. The number of carbonyl (C=O) groups excluding carboxylic acids is 1. The number of aryl methyl sites for hydroxylation is 1. The zero-order valence-corrected chi connectivity index (χ0v) is 15.8. The molecule has 0 bridgehead atoms. The molecule has 1 aromatic carbocycles. The number of aromatic nitrogens is 1. The Kier molecular flexibility index (Phi) is 7.74. The smallest absolute Gasteiger partial charge is 0.408 e. The third kappa shape index (κ3) is 7.58. The lowest BCUT2D eigenvalue weighted by Crippen LogP contribution is -2.32. The van der Waals surface area contributed by atoms with Crippen molar-refractivity contribution in [3.05, 3.63) is 41.9 Å². The summed E-state index contributed by atoms with van der Waals surface area (Å²) in [4.78, 5) is 15.4. The van der Waals surface area contributed by atoms with Crippen LogP contribution in [0.4, 0.5) is 4.79 Å². The van der Waals surface area contributed by atoms with Crippen molar-refractivity contribution >= 4 is 6.09 Å². The zero-order valence-electron chi connectivity index (χ0n) is 15.8. The molecular formula is C20H26N2O3. The van der Waals surface area contributed by atoms with Crippen molar-refractivity contribution in [3.63, 3.8) is 0 Å². The Morgan fingerprint density at radius 2 is 2.00 bits per heavy atom. The molecule has 0 fully saturated rings. The van der Waals surface area contributed by atoms with Gasteiger partial charge in [-0.25, -0.2) is 9.78 Å². The van der Waals surface area contributed by atoms with Gasteiger partial charge >= 0.3 is 6.09 Å². The van der Waals surface area contributed by atoms with Crippen LogP contribution in [-0.4, -0.2) is 23.2 Å². The fraction of sp³-hybridized carbons (Fsp3) is 0.400. The molecule has 0 aliphatic rings. The number of carbonyl (C=O) groups is 1. The highest BCUT2D eigenvalue weighted by Gasteiger charge is 2.15. The summed E-state index contributed by atoms with van der Waals surface area (Å²) in [5.41, 5.74) is 2.33. The summed E-state index contributed by atoms with van der Waals surface area (Å²) in [5.74, 6) is 6.63. The highest BCUT2D eigenvalue weighted by atomic mass is 16.6. The van der Waals surface area contributed by atoms with Crippen LogP contribution in [0.1, 0.15) is 45.7 Å². The maximum Gasteiger partial charge on any atom is 0.408 e. The van der Waals surface area contributed by atoms with Gasteiger partial charge in [0.05, 0.1) is 12.7 Å². The molecule has 134 valence electrons. The van der Waals surface area contributed by atoms with Gasteiger partial charge in [-0.2, -0.15) is 0 Å². The van der Waals surface area contributed by atoms with Crippen molar-refractivity contribution in [1.29, 1.82) is 0 Å². The van der Waals surface area contributed by atoms with E-state index in [-0.39, 0.29) is 6.54 Å². The van der Waals surface area contributed by atoms with E-state index in [1.807, 2.05) is 59.7 Å². The molecular weight excluding hydrogens is 316 g/mol. The van der Waals surface area contributed by atoms with Gasteiger partial charge in [-0.05, 0) is 51.5 Å². The Morgan fingerprint density at radius 1 is 1.28 bits per heavy atom. The Bertz CT molecular complexity index is 733. The first-order valence-electron chi connectivity index (χ1n) is 8.30. The van der Waals surface area contributed by atoms with Crippen LogP contribution in [0, 0.1) is 18.8 Å². The summed E-state index contributed by atoms with van der Waals surface area (Å²) in [6.45, 7) is 11.7. The topological polar surface area (TPSA) is 64.4 Å². The van der Waals surface area contributed by atoms with Gasteiger partial charge < -0.3 is 14.5 Å². The lowest BCUT2D eigenvalue weighted by atomic mass is 10.1. The number of amides is 1. The van der Waals surface area contributed by atoms with Gasteiger partial charge in [0, 0.05) is 11.1 Å². The molecule has 0 saturated heterocycles. The maximum atomic E-state index is 11.5. The number of hydrogen-bond donors (Lipinski definition) is 1. The molecule has 1 heterocycles. The van der Waals surface area contributed by atoms with E-state index < -0.39 is 11.7 Å². The highest BCUT2D eigenvalue weighted by Crippen LogP contribution is 2.21. The van der Waals surface area contributed by atoms with E-state index in [2.05, 4.69) is 22.1 Å². The van der Waals surface area contributed by atoms with Crippen molar-refractivity contribution in [2.24, 2.45) is 0 Å². The van der Waals surface area contributed by atoms with Crippen LogP contribution < -0.4 is 5.32 Å². The van der Waals surface area contributed by atoms with Gasteiger partial charge in [-0.1, -0.05) is 25.7 Å². The van der Waals surface area contributed by atoms with Gasteiger partial charge in [-0.3, -0.25) is 0 Å². The van der Waals surface area contributed by atoms with Gasteiger partial charge in [0.15, 0.2) is 12.2 Å². The monoisotopic (exact) mass is 342 g/mol. The summed E-state index contributed by atoms with van der Waals surface area (Å²) in [6, 6.07) is 5.90. The average Bonchev–Trinajstić information content (AvgIpc) is 3.06. The number of alkyl carbamates (subject to hydrolysis) is 1. The molecule has 5 heteroatoms. The van der Waals surface area contributed by atoms with Crippen LogP contribution in [0.25, 0.3) is 11.3 Å². The molecule has 2 aromatic rings. The minimum atomic E-state index is -0.514. The predicted molar refractivity (Wildman–Crippen MR) is 99.1 cm³/mol. The summed E-state index contributed by atoms with van der Waals surface area (Å²) < 4.78 is 10.4. The molecule has 1 aromatic heterocycles. The van der Waals surface area contributed by atoms with E-state index in [1.54, 1.807) is 6.20 Å². The number of ether oxygens (including phenoxy) is 1. The van der Waals surface area contributed by atoms with E-state index in [0.29, 0.717) is 5.76 Å². The highest BCUT2D eigenvalue weighted by molar-refractivity contribution is 5.68. The minimum absolute atomic E-state index is 0.223. The first kappa shape index (κ1) is 20.3. The van der Waals surface area contributed by atoms with Crippen molar-refractivity contribution in [3.8, 4) is 23.2 Å². The lowest BCUT2D eigenvalue weighted by molar-refractivity contribution is 0.0535. The molecule has 5 nitrogen and oxygen atoms in total. The number of hydrogen-bond acceptors (Lipinski definition) is 4. The molecule has 0 saturated carbocycles. The first-order chi connectivity index (χ1) is 11.8. The normalized spacial score (nSPS) is 10.0. The number of nitrogens with zero attached hydrogens (tertiary/aromatic N) is 1. The third-order valence-electron chi connectivity index (χ3n) is 2.75. The molecule has 0 spiro atoms. The summed E-state index contributed by atoms with van der Waals surface area (Å²) in [5, 5.41) is 2.60. The first-order valence-corrected chi connectivity index (χ1v) is 8.30. The van der Waals surface area contributed by atoms with Crippen molar-refractivity contribution in [2.75, 3.05) is 6.54 Å². The summed E-state index contributed by atoms with van der Waals surface area (Å²) in [6.07, 6.45) is 2.59. The fourth-order valence-corrected chi connectivity index (χ4v) is 1.93. The van der Waals surface area contributed by atoms with E-state index >= 15 is 0 Å². The van der Waals surface area contributed by atoms with E-state index in [4.69, 9.17) is 9.15 Å². The lowest BCUT2D eigenvalue weighted by Gasteiger charge is -2.19. The minimum Gasteiger partial charge on any atom is -0.444 e. The van der Waals surface area contributed by atoms with Crippen LogP contribution in [0.15, 0.2) is 35.2 Å².